The molecule has 1 saturated heterocycles. The van der Waals surface area contributed by atoms with Crippen molar-refractivity contribution in [1.82, 2.24) is 14.5 Å². The zero-order chi connectivity index (χ0) is 24.4. The van der Waals surface area contributed by atoms with Crippen molar-refractivity contribution in [3.8, 4) is 5.75 Å². The lowest BCUT2D eigenvalue weighted by atomic mass is 9.93. The van der Waals surface area contributed by atoms with Gasteiger partial charge in [0.15, 0.2) is 0 Å². The van der Waals surface area contributed by atoms with Gasteiger partial charge in [-0.2, -0.15) is 8.78 Å². The minimum absolute atomic E-state index is 0.0369. The normalized spacial score (nSPS) is 18.8. The molecule has 178 valence electrons. The molecule has 1 N–H and O–H groups in total. The Labute approximate surface area is 191 Å². The average Bonchev–Trinajstić information content (AvgIpc) is 2.96. The van der Waals surface area contributed by atoms with Crippen molar-refractivity contribution < 1.29 is 31.5 Å². The van der Waals surface area contributed by atoms with Gasteiger partial charge in [0.05, 0.1) is 11.4 Å². The Kier molecular flexibility index (Phi) is 7.03. The van der Waals surface area contributed by atoms with Gasteiger partial charge < -0.3 is 10.1 Å². The molecule has 0 radical (unpaired) electrons. The largest absolute Gasteiger partial charge is 0.435 e. The number of nitrogens with zero attached hydrogens (tertiary/aromatic N) is 2. The summed E-state index contributed by atoms with van der Waals surface area (Å²) in [7, 11) is -0.811. The molecule has 1 aliphatic rings. The minimum atomic E-state index is -3.65. The molecule has 1 heterocycles. The number of alkyl halides is 2. The van der Waals surface area contributed by atoms with Crippen LogP contribution >= 0.6 is 0 Å². The maximum Gasteiger partial charge on any atom is 0.387 e. The second kappa shape index (κ2) is 9.44. The number of nitrogens with one attached hydrogen (secondary N) is 1. The van der Waals surface area contributed by atoms with Crippen LogP contribution in [0.25, 0.3) is 0 Å². The molecule has 0 aromatic heterocycles. The highest BCUT2D eigenvalue weighted by Crippen LogP contribution is 2.26. The van der Waals surface area contributed by atoms with Crippen LogP contribution in [0, 0.1) is 0 Å². The smallest absolute Gasteiger partial charge is 0.387 e. The number of rotatable bonds is 9. The fourth-order valence-corrected chi connectivity index (χ4v) is 4.46. The fraction of sp³-hybridized carbons (Fsp3) is 0.364. The maximum absolute atomic E-state index is 13.0. The van der Waals surface area contributed by atoms with Crippen molar-refractivity contribution in [2.24, 2.45) is 0 Å². The van der Waals surface area contributed by atoms with E-state index in [1.54, 1.807) is 31.2 Å². The van der Waals surface area contributed by atoms with Crippen LogP contribution in [0.4, 0.5) is 13.6 Å². The topological polar surface area (TPSA) is 96.0 Å². The summed E-state index contributed by atoms with van der Waals surface area (Å²) < 4.78 is 54.7. The minimum Gasteiger partial charge on any atom is -0.435 e. The first-order chi connectivity index (χ1) is 15.4. The van der Waals surface area contributed by atoms with E-state index in [0.717, 1.165) is 14.8 Å². The number of imide groups is 1. The molecule has 3 amide bonds. The SMILES string of the molecule is CN(C)S(=O)(=O)c1cccc(CN2C(=O)NC(C)(CCc3ccc(OC(F)F)cc3)C2=O)c1. The number of carbonyl (C=O) groups is 2. The highest BCUT2D eigenvalue weighted by Gasteiger charge is 2.47. The summed E-state index contributed by atoms with van der Waals surface area (Å²) in [6.07, 6.45) is 0.708. The van der Waals surface area contributed by atoms with Gasteiger partial charge in [0.1, 0.15) is 11.3 Å². The molecule has 0 bridgehead atoms. The van der Waals surface area contributed by atoms with Gasteiger partial charge in [0.25, 0.3) is 5.91 Å². The number of halogens is 2. The lowest BCUT2D eigenvalue weighted by Crippen LogP contribution is -2.44. The monoisotopic (exact) mass is 481 g/mol. The molecule has 0 saturated carbocycles. The van der Waals surface area contributed by atoms with Crippen molar-refractivity contribution in [3.05, 3.63) is 59.7 Å². The molecule has 0 aliphatic carbocycles. The van der Waals surface area contributed by atoms with Crippen molar-refractivity contribution in [2.75, 3.05) is 14.1 Å². The van der Waals surface area contributed by atoms with Crippen LogP contribution in [0.1, 0.15) is 24.5 Å². The number of benzene rings is 2. The summed E-state index contributed by atoms with van der Waals surface area (Å²) in [5, 5.41) is 2.71. The van der Waals surface area contributed by atoms with Gasteiger partial charge in [-0.15, -0.1) is 0 Å². The Balaban J connectivity index is 1.69. The average molecular weight is 482 g/mol. The van der Waals surface area contributed by atoms with Crippen LogP contribution in [0.15, 0.2) is 53.4 Å². The molecular weight excluding hydrogens is 456 g/mol. The van der Waals surface area contributed by atoms with Gasteiger partial charge >= 0.3 is 12.6 Å². The predicted molar refractivity (Wildman–Crippen MR) is 116 cm³/mol. The third-order valence-corrected chi connectivity index (χ3v) is 7.24. The van der Waals surface area contributed by atoms with Gasteiger partial charge in [0.2, 0.25) is 10.0 Å². The van der Waals surface area contributed by atoms with E-state index >= 15 is 0 Å². The van der Waals surface area contributed by atoms with Gasteiger partial charge in [0, 0.05) is 14.1 Å². The molecule has 1 unspecified atom stereocenters. The van der Waals surface area contributed by atoms with Gasteiger partial charge in [-0.3, -0.25) is 9.69 Å². The van der Waals surface area contributed by atoms with Crippen LogP contribution < -0.4 is 10.1 Å². The first-order valence-corrected chi connectivity index (χ1v) is 11.6. The fourth-order valence-electron chi connectivity index (χ4n) is 3.49. The number of urea groups is 1. The van der Waals surface area contributed by atoms with E-state index in [-0.39, 0.29) is 23.6 Å². The van der Waals surface area contributed by atoms with E-state index in [2.05, 4.69) is 10.1 Å². The molecule has 11 heteroatoms. The van der Waals surface area contributed by atoms with E-state index < -0.39 is 34.1 Å². The van der Waals surface area contributed by atoms with Crippen molar-refractivity contribution >= 4 is 22.0 Å². The first-order valence-electron chi connectivity index (χ1n) is 10.1. The van der Waals surface area contributed by atoms with Gasteiger partial charge in [-0.25, -0.2) is 17.5 Å². The van der Waals surface area contributed by atoms with E-state index in [4.69, 9.17) is 0 Å². The second-order valence-electron chi connectivity index (χ2n) is 8.11. The van der Waals surface area contributed by atoms with Crippen molar-refractivity contribution in [3.63, 3.8) is 0 Å². The second-order valence-corrected chi connectivity index (χ2v) is 10.3. The number of amides is 3. The predicted octanol–water partition coefficient (Wildman–Crippen LogP) is 2.98. The van der Waals surface area contributed by atoms with E-state index in [1.807, 2.05) is 0 Å². The molecule has 2 aromatic rings. The summed E-state index contributed by atoms with van der Waals surface area (Å²) in [6.45, 7) is -1.36. The molecule has 2 aromatic carbocycles. The summed E-state index contributed by atoms with van der Waals surface area (Å²) in [5.41, 5.74) is 0.142. The summed E-state index contributed by atoms with van der Waals surface area (Å²) in [4.78, 5) is 26.7. The van der Waals surface area contributed by atoms with Crippen molar-refractivity contribution in [1.29, 1.82) is 0 Å². The first kappa shape index (κ1) is 24.6. The number of hydrogen-bond acceptors (Lipinski definition) is 5. The van der Waals surface area contributed by atoms with E-state index in [1.165, 1.54) is 38.4 Å². The number of carbonyl (C=O) groups excluding carboxylic acids is 2. The van der Waals surface area contributed by atoms with Crippen molar-refractivity contribution in [2.45, 2.75) is 43.4 Å². The number of aryl methyl sites for hydroxylation is 1. The standard InChI is InChI=1S/C22H25F2N3O5S/c1-22(12-11-15-7-9-17(10-8-15)32-20(23)24)19(28)27(21(29)25-22)14-16-5-4-6-18(13-16)33(30,31)26(2)3/h4-10,13,20H,11-12,14H2,1-3H3,(H,25,29). The lowest BCUT2D eigenvalue weighted by molar-refractivity contribution is -0.131. The molecule has 0 spiro atoms. The Morgan fingerprint density at radius 2 is 1.76 bits per heavy atom. The van der Waals surface area contributed by atoms with Gasteiger partial charge in [-0.05, 0) is 55.2 Å². The maximum atomic E-state index is 13.0. The zero-order valence-corrected chi connectivity index (χ0v) is 19.2. The molecule has 1 atom stereocenters. The Hall–Kier alpha value is -3.05. The third-order valence-electron chi connectivity index (χ3n) is 5.43. The van der Waals surface area contributed by atoms with Crippen LogP contribution in [-0.4, -0.2) is 55.8 Å². The molecule has 1 aliphatic heterocycles. The van der Waals surface area contributed by atoms with Crippen LogP contribution in [0.5, 0.6) is 5.75 Å². The Morgan fingerprint density at radius 1 is 1.09 bits per heavy atom. The number of ether oxygens (including phenoxy) is 1. The highest BCUT2D eigenvalue weighted by atomic mass is 32.2. The highest BCUT2D eigenvalue weighted by molar-refractivity contribution is 7.89. The number of sulfonamides is 1. The van der Waals surface area contributed by atoms with Crippen LogP contribution in [0.2, 0.25) is 0 Å². The molecule has 33 heavy (non-hydrogen) atoms. The quantitative estimate of drug-likeness (QED) is 0.556. The summed E-state index contributed by atoms with van der Waals surface area (Å²) in [6, 6.07) is 11.6. The molecule has 3 rings (SSSR count). The van der Waals surface area contributed by atoms with Gasteiger partial charge in [-0.1, -0.05) is 24.3 Å². The Morgan fingerprint density at radius 3 is 2.36 bits per heavy atom. The van der Waals surface area contributed by atoms with E-state index in [9.17, 15) is 26.8 Å². The molecule has 8 nitrogen and oxygen atoms in total. The summed E-state index contributed by atoms with van der Waals surface area (Å²) >= 11 is 0. The third kappa shape index (κ3) is 5.48. The van der Waals surface area contributed by atoms with Crippen LogP contribution in [0.3, 0.4) is 0 Å². The molecular formula is C22H25F2N3O5S. The van der Waals surface area contributed by atoms with Crippen LogP contribution in [-0.2, 0) is 27.8 Å². The summed E-state index contributed by atoms with van der Waals surface area (Å²) in [5.74, 6) is -0.388. The molecule has 1 fully saturated rings. The van der Waals surface area contributed by atoms with E-state index in [0.29, 0.717) is 12.0 Å². The number of hydrogen-bond donors (Lipinski definition) is 1. The zero-order valence-electron chi connectivity index (χ0n) is 18.4. The lowest BCUT2D eigenvalue weighted by Gasteiger charge is -2.22. The Bertz CT molecular complexity index is 1140.